The van der Waals surface area contributed by atoms with Crippen molar-refractivity contribution in [1.29, 1.82) is 0 Å². The highest BCUT2D eigenvalue weighted by Gasteiger charge is 2.24. The molecule has 0 aliphatic rings. The maximum Gasteiger partial charge on any atom is 0.0627 e. The Labute approximate surface area is 284 Å². The third-order valence-electron chi connectivity index (χ3n) is 10.2. The van der Waals surface area contributed by atoms with Gasteiger partial charge >= 0.3 is 0 Å². The molecule has 2 aromatic heterocycles. The van der Waals surface area contributed by atoms with Gasteiger partial charge < -0.3 is 9.13 Å². The number of rotatable bonds is 4. The Morgan fingerprint density at radius 2 is 0.653 bits per heavy atom. The van der Waals surface area contributed by atoms with Crippen molar-refractivity contribution >= 4 is 54.4 Å². The van der Waals surface area contributed by atoms with E-state index < -0.39 is 0 Å². The van der Waals surface area contributed by atoms with Crippen LogP contribution in [0.2, 0.25) is 0 Å². The van der Waals surface area contributed by atoms with Crippen molar-refractivity contribution in [2.45, 2.75) is 6.92 Å². The number of benzene rings is 8. The van der Waals surface area contributed by atoms with Gasteiger partial charge in [0.2, 0.25) is 0 Å². The van der Waals surface area contributed by atoms with Gasteiger partial charge in [-0.3, -0.25) is 0 Å². The summed E-state index contributed by atoms with van der Waals surface area (Å²) in [4.78, 5) is 0. The van der Waals surface area contributed by atoms with Gasteiger partial charge in [0.1, 0.15) is 0 Å². The lowest BCUT2D eigenvalue weighted by atomic mass is 9.99. The van der Waals surface area contributed by atoms with Crippen LogP contribution in [0, 0.1) is 6.92 Å². The molecule has 10 rings (SSSR count). The molecule has 0 saturated carbocycles. The smallest absolute Gasteiger partial charge is 0.0627 e. The van der Waals surface area contributed by atoms with Crippen LogP contribution >= 0.6 is 0 Å². The molecule has 230 valence electrons. The van der Waals surface area contributed by atoms with Gasteiger partial charge in [0.15, 0.2) is 0 Å². The van der Waals surface area contributed by atoms with Crippen molar-refractivity contribution in [3.05, 3.63) is 181 Å². The molecule has 2 nitrogen and oxygen atoms in total. The molecule has 0 unspecified atom stereocenters. The molecule has 0 N–H and O–H groups in total. The Bertz CT molecular complexity index is 2830. The molecule has 0 amide bonds. The number of aryl methyl sites for hydroxylation is 1. The minimum Gasteiger partial charge on any atom is -0.309 e. The van der Waals surface area contributed by atoms with Crippen LogP contribution in [0.1, 0.15) is 5.56 Å². The minimum absolute atomic E-state index is 1.16. The van der Waals surface area contributed by atoms with Crippen LogP contribution in [0.5, 0.6) is 0 Å². The van der Waals surface area contributed by atoms with E-state index in [9.17, 15) is 0 Å². The SMILES string of the molecule is Cc1ccc(-n2c3ccccc3c3c4c5ccccc5n(-c5ccc(-c6ccc(-c7ccccc7)cc6)cc5)c4c4ccccc4c32)cc1. The Balaban J connectivity index is 1.24. The number of para-hydroxylation sites is 2. The van der Waals surface area contributed by atoms with Crippen molar-refractivity contribution < 1.29 is 0 Å². The van der Waals surface area contributed by atoms with E-state index in [1.807, 2.05) is 0 Å². The standard InChI is InChI=1S/C47H32N2/c1-31-19-27-36(28-20-31)48-42-17-9-7-15-40(42)44-45-41-16-8-10-18-43(41)49(47(45)39-14-6-5-13-38(39)46(44)48)37-29-25-35(26-30-37)34-23-21-33(22-24-34)32-11-3-2-4-12-32/h2-30H,1H3. The zero-order valence-electron chi connectivity index (χ0n) is 27.1. The summed E-state index contributed by atoms with van der Waals surface area (Å²) in [6, 6.07) is 64.2. The van der Waals surface area contributed by atoms with E-state index in [0.29, 0.717) is 0 Å². The molecule has 0 fully saturated rings. The molecule has 10 aromatic rings. The molecule has 0 bridgehead atoms. The highest BCUT2D eigenvalue weighted by atomic mass is 15.0. The van der Waals surface area contributed by atoms with Crippen LogP contribution in [0.3, 0.4) is 0 Å². The molecule has 0 aliphatic carbocycles. The van der Waals surface area contributed by atoms with Gasteiger partial charge in [0.05, 0.1) is 22.1 Å². The van der Waals surface area contributed by atoms with E-state index in [1.165, 1.54) is 87.9 Å². The second-order valence-electron chi connectivity index (χ2n) is 13.0. The summed E-state index contributed by atoms with van der Waals surface area (Å²) in [6.07, 6.45) is 0. The predicted octanol–water partition coefficient (Wildman–Crippen LogP) is 12.7. The molecule has 2 heterocycles. The lowest BCUT2D eigenvalue weighted by Gasteiger charge is -2.14. The number of hydrogen-bond donors (Lipinski definition) is 0. The van der Waals surface area contributed by atoms with Crippen molar-refractivity contribution in [2.75, 3.05) is 0 Å². The lowest BCUT2D eigenvalue weighted by Crippen LogP contribution is -1.97. The average molecular weight is 625 g/mol. The zero-order chi connectivity index (χ0) is 32.5. The highest BCUT2D eigenvalue weighted by Crippen LogP contribution is 2.46. The van der Waals surface area contributed by atoms with Crippen LogP contribution in [0.15, 0.2) is 176 Å². The molecule has 8 aromatic carbocycles. The van der Waals surface area contributed by atoms with Crippen molar-refractivity contribution in [3.63, 3.8) is 0 Å². The summed E-state index contributed by atoms with van der Waals surface area (Å²) >= 11 is 0. The average Bonchev–Trinajstić information content (AvgIpc) is 3.70. The summed E-state index contributed by atoms with van der Waals surface area (Å²) in [5.41, 5.74) is 13.4. The fourth-order valence-corrected chi connectivity index (χ4v) is 7.91. The second-order valence-corrected chi connectivity index (χ2v) is 13.0. The minimum atomic E-state index is 1.16. The summed E-state index contributed by atoms with van der Waals surface area (Å²) in [7, 11) is 0. The van der Waals surface area contributed by atoms with Crippen LogP contribution in [0.4, 0.5) is 0 Å². The zero-order valence-corrected chi connectivity index (χ0v) is 27.1. The van der Waals surface area contributed by atoms with Crippen molar-refractivity contribution in [3.8, 4) is 33.6 Å². The molecule has 2 heteroatoms. The third-order valence-corrected chi connectivity index (χ3v) is 10.2. The van der Waals surface area contributed by atoms with Gasteiger partial charge in [0, 0.05) is 43.7 Å². The van der Waals surface area contributed by atoms with Gasteiger partial charge in [-0.15, -0.1) is 0 Å². The topological polar surface area (TPSA) is 9.86 Å². The number of nitrogens with zero attached hydrogens (tertiary/aromatic N) is 2. The second kappa shape index (κ2) is 10.8. The fraction of sp³-hybridized carbons (Fsp3) is 0.0213. The first kappa shape index (κ1) is 27.7. The number of fused-ring (bicyclic) bond motifs is 10. The van der Waals surface area contributed by atoms with Crippen LogP contribution < -0.4 is 0 Å². The maximum absolute atomic E-state index is 2.48. The van der Waals surface area contributed by atoms with Crippen LogP contribution in [0.25, 0.3) is 88.0 Å². The third kappa shape index (κ3) is 4.21. The quantitative estimate of drug-likeness (QED) is 0.184. The Morgan fingerprint density at radius 3 is 1.12 bits per heavy atom. The van der Waals surface area contributed by atoms with Crippen LogP contribution in [-0.2, 0) is 0 Å². The van der Waals surface area contributed by atoms with E-state index in [2.05, 4.69) is 192 Å². The molecule has 0 aliphatic heterocycles. The first-order chi connectivity index (χ1) is 24.2. The van der Waals surface area contributed by atoms with Gasteiger partial charge in [-0.2, -0.15) is 0 Å². The van der Waals surface area contributed by atoms with E-state index in [1.54, 1.807) is 0 Å². The first-order valence-corrected chi connectivity index (χ1v) is 16.9. The summed E-state index contributed by atoms with van der Waals surface area (Å²) < 4.78 is 4.95. The Hall–Kier alpha value is -6.38. The number of hydrogen-bond acceptors (Lipinski definition) is 0. The van der Waals surface area contributed by atoms with E-state index in [4.69, 9.17) is 0 Å². The largest absolute Gasteiger partial charge is 0.309 e. The molecular formula is C47H32N2. The van der Waals surface area contributed by atoms with Crippen LogP contribution in [-0.4, -0.2) is 9.13 Å². The Morgan fingerprint density at radius 1 is 0.306 bits per heavy atom. The van der Waals surface area contributed by atoms with Gasteiger partial charge in [-0.05, 0) is 65.6 Å². The van der Waals surface area contributed by atoms with Crippen molar-refractivity contribution in [1.82, 2.24) is 9.13 Å². The van der Waals surface area contributed by atoms with E-state index >= 15 is 0 Å². The summed E-state index contributed by atoms with van der Waals surface area (Å²) in [5, 5.41) is 7.63. The summed E-state index contributed by atoms with van der Waals surface area (Å²) in [6.45, 7) is 2.15. The van der Waals surface area contributed by atoms with E-state index in [0.717, 1.165) is 5.69 Å². The molecule has 0 radical (unpaired) electrons. The maximum atomic E-state index is 2.48. The van der Waals surface area contributed by atoms with Gasteiger partial charge in [-0.25, -0.2) is 0 Å². The van der Waals surface area contributed by atoms with Crippen molar-refractivity contribution in [2.24, 2.45) is 0 Å². The summed E-state index contributed by atoms with van der Waals surface area (Å²) in [5.74, 6) is 0. The predicted molar refractivity (Wildman–Crippen MR) is 208 cm³/mol. The fourth-order valence-electron chi connectivity index (χ4n) is 7.91. The lowest BCUT2D eigenvalue weighted by molar-refractivity contribution is 1.18. The van der Waals surface area contributed by atoms with Gasteiger partial charge in [0.25, 0.3) is 0 Å². The monoisotopic (exact) mass is 624 g/mol. The van der Waals surface area contributed by atoms with E-state index in [-0.39, 0.29) is 0 Å². The van der Waals surface area contributed by atoms with Gasteiger partial charge in [-0.1, -0.05) is 145 Å². The molecule has 0 spiro atoms. The highest BCUT2D eigenvalue weighted by molar-refractivity contribution is 6.37. The Kier molecular flexibility index (Phi) is 6.13. The molecular weight excluding hydrogens is 593 g/mol. The molecule has 0 saturated heterocycles. The first-order valence-electron chi connectivity index (χ1n) is 16.9. The molecule has 49 heavy (non-hydrogen) atoms. The normalized spacial score (nSPS) is 11.8. The molecule has 0 atom stereocenters. The number of aromatic nitrogens is 2.